The van der Waals surface area contributed by atoms with Gasteiger partial charge in [-0.15, -0.1) is 0 Å². The van der Waals surface area contributed by atoms with Gasteiger partial charge in [0.1, 0.15) is 11.5 Å². The molecular formula is C9H11N3. The highest BCUT2D eigenvalue weighted by atomic mass is 15.1. The Labute approximate surface area is 70.8 Å². The third kappa shape index (κ3) is 0.794. The average molecular weight is 161 g/mol. The number of aromatic nitrogens is 2. The molecule has 0 aliphatic rings. The van der Waals surface area contributed by atoms with Crippen molar-refractivity contribution in [1.82, 2.24) is 9.38 Å². The lowest BCUT2D eigenvalue weighted by atomic mass is 10.2. The SMILES string of the molecule is Cc1ccc2ncc(N)n2c1C. The summed E-state index contributed by atoms with van der Waals surface area (Å²) in [6.07, 6.45) is 1.68. The minimum atomic E-state index is 0.700. The van der Waals surface area contributed by atoms with E-state index in [9.17, 15) is 0 Å². The number of anilines is 1. The fourth-order valence-corrected chi connectivity index (χ4v) is 1.36. The summed E-state index contributed by atoms with van der Waals surface area (Å²) >= 11 is 0. The number of hydrogen-bond acceptors (Lipinski definition) is 2. The number of hydrogen-bond donors (Lipinski definition) is 1. The lowest BCUT2D eigenvalue weighted by Gasteiger charge is -2.04. The van der Waals surface area contributed by atoms with Crippen LogP contribution in [0.15, 0.2) is 18.3 Å². The van der Waals surface area contributed by atoms with Gasteiger partial charge in [-0.25, -0.2) is 4.98 Å². The molecule has 0 saturated heterocycles. The topological polar surface area (TPSA) is 43.3 Å². The molecule has 0 spiro atoms. The number of nitrogen functional groups attached to an aromatic ring is 1. The zero-order valence-electron chi connectivity index (χ0n) is 7.20. The third-order valence-electron chi connectivity index (χ3n) is 2.20. The average Bonchev–Trinajstić information content (AvgIpc) is 2.41. The van der Waals surface area contributed by atoms with E-state index in [4.69, 9.17) is 5.73 Å². The molecule has 2 aromatic heterocycles. The lowest BCUT2D eigenvalue weighted by molar-refractivity contribution is 1.07. The summed E-state index contributed by atoms with van der Waals surface area (Å²) in [7, 11) is 0. The summed E-state index contributed by atoms with van der Waals surface area (Å²) < 4.78 is 1.95. The fourth-order valence-electron chi connectivity index (χ4n) is 1.36. The van der Waals surface area contributed by atoms with Crippen molar-refractivity contribution >= 4 is 11.5 Å². The summed E-state index contributed by atoms with van der Waals surface area (Å²) in [4.78, 5) is 4.16. The van der Waals surface area contributed by atoms with Crippen LogP contribution in [-0.2, 0) is 0 Å². The van der Waals surface area contributed by atoms with Crippen molar-refractivity contribution < 1.29 is 0 Å². The van der Waals surface area contributed by atoms with Gasteiger partial charge in [-0.1, -0.05) is 6.07 Å². The van der Waals surface area contributed by atoms with Gasteiger partial charge >= 0.3 is 0 Å². The number of nitrogens with two attached hydrogens (primary N) is 1. The second-order valence-electron chi connectivity index (χ2n) is 2.98. The van der Waals surface area contributed by atoms with Gasteiger partial charge in [0, 0.05) is 5.69 Å². The monoisotopic (exact) mass is 161 g/mol. The molecule has 12 heavy (non-hydrogen) atoms. The molecule has 0 radical (unpaired) electrons. The summed E-state index contributed by atoms with van der Waals surface area (Å²) in [5, 5.41) is 0. The van der Waals surface area contributed by atoms with E-state index < -0.39 is 0 Å². The predicted octanol–water partition coefficient (Wildman–Crippen LogP) is 1.53. The van der Waals surface area contributed by atoms with Gasteiger partial charge in [-0.2, -0.15) is 0 Å². The van der Waals surface area contributed by atoms with Gasteiger partial charge < -0.3 is 5.73 Å². The van der Waals surface area contributed by atoms with Crippen LogP contribution in [0.4, 0.5) is 5.82 Å². The van der Waals surface area contributed by atoms with E-state index in [1.807, 2.05) is 17.4 Å². The van der Waals surface area contributed by atoms with E-state index in [0.717, 1.165) is 11.3 Å². The number of imidazole rings is 1. The standard InChI is InChI=1S/C9H11N3/c1-6-3-4-9-11-5-8(10)12(9)7(6)2/h3-5H,10H2,1-2H3. The molecule has 2 aromatic rings. The van der Waals surface area contributed by atoms with Crippen molar-refractivity contribution in [1.29, 1.82) is 0 Å². The highest BCUT2D eigenvalue weighted by Gasteiger charge is 2.02. The Bertz CT molecular complexity index is 429. The molecule has 0 saturated carbocycles. The Morgan fingerprint density at radius 2 is 2.08 bits per heavy atom. The normalized spacial score (nSPS) is 10.8. The van der Waals surface area contributed by atoms with Crippen LogP contribution in [0.2, 0.25) is 0 Å². The van der Waals surface area contributed by atoms with Crippen LogP contribution < -0.4 is 5.73 Å². The van der Waals surface area contributed by atoms with Crippen LogP contribution in [0.1, 0.15) is 11.3 Å². The van der Waals surface area contributed by atoms with Gasteiger partial charge in [0.25, 0.3) is 0 Å². The first-order valence-corrected chi connectivity index (χ1v) is 3.89. The molecule has 0 fully saturated rings. The largest absolute Gasteiger partial charge is 0.383 e. The molecule has 2 N–H and O–H groups in total. The molecule has 0 amide bonds. The van der Waals surface area contributed by atoms with Crippen molar-refractivity contribution in [2.75, 3.05) is 5.73 Å². The first kappa shape index (κ1) is 7.16. The fraction of sp³-hybridized carbons (Fsp3) is 0.222. The maximum absolute atomic E-state index is 5.75. The van der Waals surface area contributed by atoms with Crippen LogP contribution in [0, 0.1) is 13.8 Å². The lowest BCUT2D eigenvalue weighted by Crippen LogP contribution is -1.98. The van der Waals surface area contributed by atoms with Gasteiger partial charge in [-0.05, 0) is 25.5 Å². The Kier molecular flexibility index (Phi) is 1.33. The molecule has 0 unspecified atom stereocenters. The predicted molar refractivity (Wildman–Crippen MR) is 49.1 cm³/mol. The molecule has 3 heteroatoms. The van der Waals surface area contributed by atoms with Gasteiger partial charge in [0.15, 0.2) is 0 Å². The van der Waals surface area contributed by atoms with Crippen molar-refractivity contribution in [3.63, 3.8) is 0 Å². The molecule has 0 aromatic carbocycles. The quantitative estimate of drug-likeness (QED) is 0.636. The summed E-state index contributed by atoms with van der Waals surface area (Å²) in [6, 6.07) is 4.02. The zero-order chi connectivity index (χ0) is 8.72. The second kappa shape index (κ2) is 2.24. The van der Waals surface area contributed by atoms with Gasteiger partial charge in [0.2, 0.25) is 0 Å². The van der Waals surface area contributed by atoms with Crippen LogP contribution in [0.3, 0.4) is 0 Å². The second-order valence-corrected chi connectivity index (χ2v) is 2.98. The number of nitrogens with zero attached hydrogens (tertiary/aromatic N) is 2. The molecule has 0 atom stereocenters. The molecule has 2 rings (SSSR count). The first-order chi connectivity index (χ1) is 5.70. The Hall–Kier alpha value is -1.51. The number of aryl methyl sites for hydroxylation is 2. The van der Waals surface area contributed by atoms with E-state index in [0.29, 0.717) is 5.82 Å². The highest BCUT2D eigenvalue weighted by Crippen LogP contribution is 2.14. The minimum Gasteiger partial charge on any atom is -0.383 e. The summed E-state index contributed by atoms with van der Waals surface area (Å²) in [5.74, 6) is 0.700. The van der Waals surface area contributed by atoms with Crippen molar-refractivity contribution in [2.24, 2.45) is 0 Å². The zero-order valence-corrected chi connectivity index (χ0v) is 7.20. The van der Waals surface area contributed by atoms with Crippen LogP contribution in [-0.4, -0.2) is 9.38 Å². The Balaban J connectivity index is 2.96. The third-order valence-corrected chi connectivity index (χ3v) is 2.20. The van der Waals surface area contributed by atoms with Crippen molar-refractivity contribution in [3.05, 3.63) is 29.6 Å². The number of pyridine rings is 1. The minimum absolute atomic E-state index is 0.700. The van der Waals surface area contributed by atoms with Gasteiger partial charge in [-0.3, -0.25) is 4.40 Å². The van der Waals surface area contributed by atoms with Crippen LogP contribution in [0.5, 0.6) is 0 Å². The number of fused-ring (bicyclic) bond motifs is 1. The maximum Gasteiger partial charge on any atom is 0.138 e. The molecule has 62 valence electrons. The number of rotatable bonds is 0. The van der Waals surface area contributed by atoms with Crippen molar-refractivity contribution in [3.8, 4) is 0 Å². The van der Waals surface area contributed by atoms with E-state index in [1.54, 1.807) is 6.20 Å². The summed E-state index contributed by atoms with van der Waals surface area (Å²) in [5.41, 5.74) is 9.04. The van der Waals surface area contributed by atoms with Crippen molar-refractivity contribution in [2.45, 2.75) is 13.8 Å². The molecule has 3 nitrogen and oxygen atoms in total. The van der Waals surface area contributed by atoms with E-state index in [-0.39, 0.29) is 0 Å². The first-order valence-electron chi connectivity index (χ1n) is 3.89. The molecule has 2 heterocycles. The molecule has 0 bridgehead atoms. The van der Waals surface area contributed by atoms with E-state index >= 15 is 0 Å². The Morgan fingerprint density at radius 3 is 2.83 bits per heavy atom. The smallest absolute Gasteiger partial charge is 0.138 e. The Morgan fingerprint density at radius 1 is 1.33 bits per heavy atom. The van der Waals surface area contributed by atoms with Gasteiger partial charge in [0.05, 0.1) is 6.20 Å². The van der Waals surface area contributed by atoms with Crippen LogP contribution >= 0.6 is 0 Å². The van der Waals surface area contributed by atoms with E-state index in [2.05, 4.69) is 18.0 Å². The molecular weight excluding hydrogens is 150 g/mol. The molecule has 0 aliphatic heterocycles. The van der Waals surface area contributed by atoms with Crippen LogP contribution in [0.25, 0.3) is 5.65 Å². The highest BCUT2D eigenvalue weighted by molar-refractivity contribution is 5.50. The van der Waals surface area contributed by atoms with E-state index in [1.165, 1.54) is 5.56 Å². The molecule has 0 aliphatic carbocycles. The maximum atomic E-state index is 5.75. The summed E-state index contributed by atoms with van der Waals surface area (Å²) in [6.45, 7) is 4.11.